The van der Waals surface area contributed by atoms with Gasteiger partial charge in [-0.15, -0.1) is 0 Å². The molecule has 0 aliphatic carbocycles. The highest BCUT2D eigenvalue weighted by Crippen LogP contribution is 2.37. The molecule has 0 spiro atoms. The Hall–Kier alpha value is -3.12. The Morgan fingerprint density at radius 1 is 0.536 bits per heavy atom. The number of hydrogen-bond acceptors (Lipinski definition) is 0. The lowest BCUT2D eigenvalue weighted by Gasteiger charge is -2.14. The summed E-state index contributed by atoms with van der Waals surface area (Å²) < 4.78 is 0. The molecule has 0 aromatic heterocycles. The molecular weight excluding hydrogens is 336 g/mol. The second-order valence-corrected chi connectivity index (χ2v) is 7.61. The number of aryl methyl sites for hydroxylation is 1. The first-order valence-corrected chi connectivity index (χ1v) is 10.3. The van der Waals surface area contributed by atoms with Gasteiger partial charge in [-0.25, -0.2) is 0 Å². The van der Waals surface area contributed by atoms with Gasteiger partial charge in [0, 0.05) is 0 Å². The SMILES string of the molecule is CCCCc1ccccc1-c1ccc2c3ccccc3c3ccccc3c2c1. The number of hydrogen-bond donors (Lipinski definition) is 0. The number of fused-ring (bicyclic) bond motifs is 6. The topological polar surface area (TPSA) is 0 Å². The summed E-state index contributed by atoms with van der Waals surface area (Å²) in [5.41, 5.74) is 4.14. The summed E-state index contributed by atoms with van der Waals surface area (Å²) in [6.45, 7) is 2.26. The van der Waals surface area contributed by atoms with E-state index in [2.05, 4.69) is 97.9 Å². The quantitative estimate of drug-likeness (QED) is 0.284. The van der Waals surface area contributed by atoms with Gasteiger partial charge in [-0.3, -0.25) is 0 Å². The molecule has 5 aromatic carbocycles. The zero-order chi connectivity index (χ0) is 18.9. The minimum Gasteiger partial charge on any atom is -0.0654 e. The van der Waals surface area contributed by atoms with E-state index in [1.165, 1.54) is 61.8 Å². The summed E-state index contributed by atoms with van der Waals surface area (Å²) >= 11 is 0. The van der Waals surface area contributed by atoms with E-state index in [1.807, 2.05) is 0 Å². The number of rotatable bonds is 4. The van der Waals surface area contributed by atoms with E-state index < -0.39 is 0 Å². The monoisotopic (exact) mass is 360 g/mol. The first kappa shape index (κ1) is 17.0. The summed E-state index contributed by atoms with van der Waals surface area (Å²) in [6, 6.07) is 33.5. The fraction of sp³-hybridized carbons (Fsp3) is 0.143. The fourth-order valence-electron chi connectivity index (χ4n) is 4.46. The van der Waals surface area contributed by atoms with Crippen LogP contribution in [0.2, 0.25) is 0 Å². The van der Waals surface area contributed by atoms with E-state index in [4.69, 9.17) is 0 Å². The highest BCUT2D eigenvalue weighted by Gasteiger charge is 2.10. The third kappa shape index (κ3) is 2.77. The maximum absolute atomic E-state index is 2.40. The van der Waals surface area contributed by atoms with Crippen molar-refractivity contribution in [3.63, 3.8) is 0 Å². The first-order valence-electron chi connectivity index (χ1n) is 10.3. The fourth-order valence-corrected chi connectivity index (χ4v) is 4.46. The van der Waals surface area contributed by atoms with Crippen LogP contribution >= 0.6 is 0 Å². The highest BCUT2D eigenvalue weighted by atomic mass is 14.1. The van der Waals surface area contributed by atoms with Gasteiger partial charge in [0.2, 0.25) is 0 Å². The maximum atomic E-state index is 2.40. The molecule has 0 amide bonds. The third-order valence-electron chi connectivity index (χ3n) is 5.87. The molecule has 0 nitrogen and oxygen atoms in total. The summed E-state index contributed by atoms with van der Waals surface area (Å²) in [6.07, 6.45) is 3.60. The molecule has 0 radical (unpaired) electrons. The lowest BCUT2D eigenvalue weighted by atomic mass is 9.90. The smallest absolute Gasteiger partial charge is 0.00928 e. The molecule has 5 aromatic rings. The van der Waals surface area contributed by atoms with Gasteiger partial charge < -0.3 is 0 Å². The molecule has 0 bridgehead atoms. The minimum absolute atomic E-state index is 1.14. The summed E-state index contributed by atoms with van der Waals surface area (Å²) in [7, 11) is 0. The van der Waals surface area contributed by atoms with E-state index in [0.717, 1.165) is 6.42 Å². The van der Waals surface area contributed by atoms with Crippen molar-refractivity contribution >= 4 is 32.3 Å². The average Bonchev–Trinajstić information content (AvgIpc) is 2.78. The molecule has 28 heavy (non-hydrogen) atoms. The standard InChI is InChI=1S/C28H24/c1-2-3-10-20-11-4-5-12-22(20)21-17-18-27-25-15-7-6-13-23(25)24-14-8-9-16-26(24)28(27)19-21/h4-9,11-19H,2-3,10H2,1H3. The molecular formula is C28H24. The predicted octanol–water partition coefficient (Wildman–Crippen LogP) is 8.16. The summed E-state index contributed by atoms with van der Waals surface area (Å²) in [5.74, 6) is 0. The van der Waals surface area contributed by atoms with Crippen molar-refractivity contribution in [2.45, 2.75) is 26.2 Å². The Morgan fingerprint density at radius 3 is 1.71 bits per heavy atom. The highest BCUT2D eigenvalue weighted by molar-refractivity contribution is 6.25. The molecule has 0 heterocycles. The number of unbranched alkanes of at least 4 members (excludes halogenated alkanes) is 1. The van der Waals surface area contributed by atoms with Crippen LogP contribution in [0.3, 0.4) is 0 Å². The summed E-state index contributed by atoms with van der Waals surface area (Å²) in [5, 5.41) is 8.02. The Labute approximate surface area is 166 Å². The van der Waals surface area contributed by atoms with Crippen LogP contribution in [0.25, 0.3) is 43.4 Å². The lowest BCUT2D eigenvalue weighted by Crippen LogP contribution is -1.91. The lowest BCUT2D eigenvalue weighted by molar-refractivity contribution is 0.796. The molecule has 0 unspecified atom stereocenters. The van der Waals surface area contributed by atoms with Crippen molar-refractivity contribution in [2.75, 3.05) is 0 Å². The maximum Gasteiger partial charge on any atom is -0.00928 e. The van der Waals surface area contributed by atoms with Gasteiger partial charge in [0.1, 0.15) is 0 Å². The molecule has 5 rings (SSSR count). The summed E-state index contributed by atoms with van der Waals surface area (Å²) in [4.78, 5) is 0. The Morgan fingerprint density at radius 2 is 1.07 bits per heavy atom. The predicted molar refractivity (Wildman–Crippen MR) is 123 cm³/mol. The molecule has 0 N–H and O–H groups in total. The van der Waals surface area contributed by atoms with Gasteiger partial charge in [0.25, 0.3) is 0 Å². The van der Waals surface area contributed by atoms with E-state index >= 15 is 0 Å². The van der Waals surface area contributed by atoms with Crippen LogP contribution in [0.15, 0.2) is 91.0 Å². The first-order chi connectivity index (χ1) is 13.9. The second-order valence-electron chi connectivity index (χ2n) is 7.61. The van der Waals surface area contributed by atoms with Crippen molar-refractivity contribution in [2.24, 2.45) is 0 Å². The van der Waals surface area contributed by atoms with Crippen molar-refractivity contribution in [3.05, 3.63) is 96.6 Å². The number of benzene rings is 5. The van der Waals surface area contributed by atoms with Gasteiger partial charge in [0.05, 0.1) is 0 Å². The van der Waals surface area contributed by atoms with E-state index in [-0.39, 0.29) is 0 Å². The van der Waals surface area contributed by atoms with E-state index in [0.29, 0.717) is 0 Å². The van der Waals surface area contributed by atoms with Crippen LogP contribution in [-0.2, 0) is 6.42 Å². The van der Waals surface area contributed by atoms with Crippen LogP contribution < -0.4 is 0 Å². The Bertz CT molecular complexity index is 1260. The van der Waals surface area contributed by atoms with Crippen LogP contribution in [0, 0.1) is 0 Å². The normalized spacial score (nSPS) is 11.5. The van der Waals surface area contributed by atoms with E-state index in [1.54, 1.807) is 0 Å². The third-order valence-corrected chi connectivity index (χ3v) is 5.87. The van der Waals surface area contributed by atoms with Crippen LogP contribution in [0.4, 0.5) is 0 Å². The van der Waals surface area contributed by atoms with Crippen molar-refractivity contribution in [1.29, 1.82) is 0 Å². The zero-order valence-corrected chi connectivity index (χ0v) is 16.3. The van der Waals surface area contributed by atoms with Crippen LogP contribution in [0.5, 0.6) is 0 Å². The van der Waals surface area contributed by atoms with Crippen molar-refractivity contribution in [1.82, 2.24) is 0 Å². The molecule has 0 saturated carbocycles. The van der Waals surface area contributed by atoms with Crippen molar-refractivity contribution in [3.8, 4) is 11.1 Å². The molecule has 0 aliphatic heterocycles. The van der Waals surface area contributed by atoms with Crippen LogP contribution in [0.1, 0.15) is 25.3 Å². The zero-order valence-electron chi connectivity index (χ0n) is 16.3. The van der Waals surface area contributed by atoms with Gasteiger partial charge in [-0.05, 0) is 67.9 Å². The van der Waals surface area contributed by atoms with E-state index in [9.17, 15) is 0 Å². The molecule has 136 valence electrons. The van der Waals surface area contributed by atoms with Crippen LogP contribution in [-0.4, -0.2) is 0 Å². The Balaban J connectivity index is 1.81. The second kappa shape index (κ2) is 7.13. The van der Waals surface area contributed by atoms with Gasteiger partial charge in [-0.1, -0.05) is 98.3 Å². The molecule has 0 atom stereocenters. The van der Waals surface area contributed by atoms with Gasteiger partial charge in [-0.2, -0.15) is 0 Å². The molecule has 0 saturated heterocycles. The Kier molecular flexibility index (Phi) is 4.33. The molecule has 0 fully saturated rings. The molecule has 0 heteroatoms. The molecule has 0 aliphatic rings. The van der Waals surface area contributed by atoms with Gasteiger partial charge >= 0.3 is 0 Å². The largest absolute Gasteiger partial charge is 0.0654 e. The van der Waals surface area contributed by atoms with Crippen molar-refractivity contribution < 1.29 is 0 Å². The average molecular weight is 361 g/mol. The van der Waals surface area contributed by atoms with Gasteiger partial charge in [0.15, 0.2) is 0 Å². The minimum atomic E-state index is 1.14.